The van der Waals surface area contributed by atoms with Gasteiger partial charge in [-0.1, -0.05) is 0 Å². The van der Waals surface area contributed by atoms with Gasteiger partial charge in [0, 0.05) is 6.20 Å². The monoisotopic (exact) mass is 135 g/mol. The van der Waals surface area contributed by atoms with Crippen molar-refractivity contribution in [2.75, 3.05) is 0 Å². The summed E-state index contributed by atoms with van der Waals surface area (Å²) in [6.07, 6.45) is 4.53. The van der Waals surface area contributed by atoms with Crippen LogP contribution in [0.5, 0.6) is 0 Å². The summed E-state index contributed by atoms with van der Waals surface area (Å²) in [6, 6.07) is 1.72. The topological polar surface area (TPSA) is 50.9 Å². The molecule has 50 valence electrons. The van der Waals surface area contributed by atoms with Gasteiger partial charge in [-0.3, -0.25) is 0 Å². The molecule has 2 heterocycles. The van der Waals surface area contributed by atoms with E-state index in [1.165, 1.54) is 12.5 Å². The fraction of sp³-hybridized carbons (Fsp3) is 0. The Bertz CT molecular complexity index is 355. The standard InChI is InChI=1S/C6H5N3O/c10-9-2-1-5-6(9)3-7-4-8-5/h1-4,10H. The van der Waals surface area contributed by atoms with Crippen LogP contribution >= 0.6 is 0 Å². The molecular weight excluding hydrogens is 130 g/mol. The van der Waals surface area contributed by atoms with Crippen molar-refractivity contribution in [1.29, 1.82) is 0 Å². The molecule has 4 heteroatoms. The predicted molar refractivity (Wildman–Crippen MR) is 34.7 cm³/mol. The van der Waals surface area contributed by atoms with Crippen molar-refractivity contribution in [3.8, 4) is 0 Å². The summed E-state index contributed by atoms with van der Waals surface area (Å²) >= 11 is 0. The fourth-order valence-electron chi connectivity index (χ4n) is 0.858. The molecule has 1 N–H and O–H groups in total. The molecule has 0 atom stereocenters. The minimum atomic E-state index is 0.627. The molecule has 0 radical (unpaired) electrons. The van der Waals surface area contributed by atoms with Gasteiger partial charge in [-0.2, -0.15) is 4.73 Å². The van der Waals surface area contributed by atoms with E-state index in [4.69, 9.17) is 5.21 Å². The third-order valence-electron chi connectivity index (χ3n) is 1.34. The molecule has 0 saturated heterocycles. The molecule has 4 nitrogen and oxygen atoms in total. The van der Waals surface area contributed by atoms with Crippen molar-refractivity contribution in [3.63, 3.8) is 0 Å². The average molecular weight is 135 g/mol. The largest absolute Gasteiger partial charge is 0.428 e. The molecule has 2 aromatic rings. The number of hydrogen-bond acceptors (Lipinski definition) is 3. The molecule has 0 aliphatic carbocycles. The predicted octanol–water partition coefficient (Wildman–Crippen LogP) is 0.669. The molecule has 0 aliphatic heterocycles. The molecular formula is C6H5N3O. The second kappa shape index (κ2) is 1.70. The van der Waals surface area contributed by atoms with Crippen molar-refractivity contribution in [2.24, 2.45) is 0 Å². The SMILES string of the molecule is On1ccc2ncncc21. The molecule has 0 saturated carbocycles. The van der Waals surface area contributed by atoms with E-state index in [9.17, 15) is 0 Å². The van der Waals surface area contributed by atoms with Crippen LogP contribution in [0.3, 0.4) is 0 Å². The first kappa shape index (κ1) is 5.22. The smallest absolute Gasteiger partial charge is 0.123 e. The molecule has 2 rings (SSSR count). The van der Waals surface area contributed by atoms with Gasteiger partial charge >= 0.3 is 0 Å². The Kier molecular flexibility index (Phi) is 0.887. The molecule has 0 amide bonds. The van der Waals surface area contributed by atoms with Crippen molar-refractivity contribution in [1.82, 2.24) is 14.7 Å². The maximum Gasteiger partial charge on any atom is 0.123 e. The lowest BCUT2D eigenvalue weighted by atomic mass is 10.5. The van der Waals surface area contributed by atoms with E-state index in [0.717, 1.165) is 10.2 Å². The Hall–Kier alpha value is -1.58. The molecule has 0 spiro atoms. The number of rotatable bonds is 0. The summed E-state index contributed by atoms with van der Waals surface area (Å²) in [5.74, 6) is 0. The minimum absolute atomic E-state index is 0.627. The van der Waals surface area contributed by atoms with Crippen LogP contribution in [0.4, 0.5) is 0 Å². The van der Waals surface area contributed by atoms with E-state index >= 15 is 0 Å². The van der Waals surface area contributed by atoms with Crippen LogP contribution in [0, 0.1) is 0 Å². The summed E-state index contributed by atoms with van der Waals surface area (Å²) in [4.78, 5) is 7.66. The Morgan fingerprint density at radius 1 is 1.50 bits per heavy atom. The van der Waals surface area contributed by atoms with Crippen LogP contribution < -0.4 is 0 Å². The number of nitrogens with zero attached hydrogens (tertiary/aromatic N) is 3. The first-order chi connectivity index (χ1) is 4.88. The van der Waals surface area contributed by atoms with E-state index in [0.29, 0.717) is 5.52 Å². The molecule has 10 heavy (non-hydrogen) atoms. The quantitative estimate of drug-likeness (QED) is 0.540. The summed E-state index contributed by atoms with van der Waals surface area (Å²) in [5, 5.41) is 9.05. The summed E-state index contributed by atoms with van der Waals surface area (Å²) in [5.41, 5.74) is 1.38. The van der Waals surface area contributed by atoms with Crippen molar-refractivity contribution in [2.45, 2.75) is 0 Å². The van der Waals surface area contributed by atoms with Crippen LogP contribution in [-0.2, 0) is 0 Å². The molecule has 0 unspecified atom stereocenters. The zero-order valence-corrected chi connectivity index (χ0v) is 5.10. The molecule has 2 aromatic heterocycles. The fourth-order valence-corrected chi connectivity index (χ4v) is 0.858. The zero-order chi connectivity index (χ0) is 6.97. The second-order valence-electron chi connectivity index (χ2n) is 1.95. The summed E-state index contributed by atoms with van der Waals surface area (Å²) in [7, 11) is 0. The highest BCUT2D eigenvalue weighted by atomic mass is 16.5. The molecule has 0 aromatic carbocycles. The maximum atomic E-state index is 9.05. The van der Waals surface area contributed by atoms with Gasteiger partial charge in [0.25, 0.3) is 0 Å². The second-order valence-corrected chi connectivity index (χ2v) is 1.95. The van der Waals surface area contributed by atoms with Crippen LogP contribution in [0.25, 0.3) is 11.0 Å². The summed E-state index contributed by atoms with van der Waals surface area (Å²) < 4.78 is 0.995. The highest BCUT2D eigenvalue weighted by molar-refractivity contribution is 5.73. The van der Waals surface area contributed by atoms with Gasteiger partial charge < -0.3 is 5.21 Å². The van der Waals surface area contributed by atoms with Gasteiger partial charge in [0.1, 0.15) is 11.8 Å². The Balaban J connectivity index is 2.93. The maximum absolute atomic E-state index is 9.05. The first-order valence-electron chi connectivity index (χ1n) is 2.84. The molecule has 0 fully saturated rings. The van der Waals surface area contributed by atoms with Crippen LogP contribution in [0.15, 0.2) is 24.8 Å². The van der Waals surface area contributed by atoms with Gasteiger partial charge in [0.2, 0.25) is 0 Å². The van der Waals surface area contributed by atoms with Gasteiger partial charge in [0.05, 0.1) is 11.7 Å². The van der Waals surface area contributed by atoms with Gasteiger partial charge in [-0.25, -0.2) is 9.97 Å². The number of fused-ring (bicyclic) bond motifs is 1. The third-order valence-corrected chi connectivity index (χ3v) is 1.34. The van der Waals surface area contributed by atoms with Crippen LogP contribution in [0.1, 0.15) is 0 Å². The van der Waals surface area contributed by atoms with Gasteiger partial charge in [-0.05, 0) is 6.07 Å². The lowest BCUT2D eigenvalue weighted by Gasteiger charge is -1.89. The van der Waals surface area contributed by atoms with E-state index < -0.39 is 0 Å². The van der Waals surface area contributed by atoms with E-state index in [1.54, 1.807) is 12.3 Å². The van der Waals surface area contributed by atoms with Crippen molar-refractivity contribution >= 4 is 11.0 Å². The lowest BCUT2D eigenvalue weighted by molar-refractivity contribution is 0.200. The molecule has 0 aliphatic rings. The molecule has 0 bridgehead atoms. The minimum Gasteiger partial charge on any atom is -0.428 e. The van der Waals surface area contributed by atoms with Gasteiger partial charge in [-0.15, -0.1) is 0 Å². The Morgan fingerprint density at radius 2 is 2.40 bits per heavy atom. The lowest BCUT2D eigenvalue weighted by Crippen LogP contribution is -1.86. The van der Waals surface area contributed by atoms with Gasteiger partial charge in [0.15, 0.2) is 0 Å². The van der Waals surface area contributed by atoms with E-state index in [-0.39, 0.29) is 0 Å². The first-order valence-corrected chi connectivity index (χ1v) is 2.84. The Morgan fingerprint density at radius 3 is 3.20 bits per heavy atom. The van der Waals surface area contributed by atoms with Crippen molar-refractivity contribution < 1.29 is 5.21 Å². The van der Waals surface area contributed by atoms with E-state index in [1.807, 2.05) is 0 Å². The van der Waals surface area contributed by atoms with E-state index in [2.05, 4.69) is 9.97 Å². The number of hydrogen-bond donors (Lipinski definition) is 1. The highest BCUT2D eigenvalue weighted by Crippen LogP contribution is 2.07. The third kappa shape index (κ3) is 0.556. The Labute approximate surface area is 56.7 Å². The van der Waals surface area contributed by atoms with Crippen molar-refractivity contribution in [3.05, 3.63) is 24.8 Å². The summed E-state index contributed by atoms with van der Waals surface area (Å²) in [6.45, 7) is 0. The van der Waals surface area contributed by atoms with Crippen LogP contribution in [-0.4, -0.2) is 19.9 Å². The zero-order valence-electron chi connectivity index (χ0n) is 5.10. The normalized spacial score (nSPS) is 10.4. The highest BCUT2D eigenvalue weighted by Gasteiger charge is 1.96. The number of aromatic nitrogens is 3. The van der Waals surface area contributed by atoms with Crippen LogP contribution in [0.2, 0.25) is 0 Å². The average Bonchev–Trinajstić information content (AvgIpc) is 2.34.